The van der Waals surface area contributed by atoms with Crippen molar-refractivity contribution in [3.63, 3.8) is 0 Å². The Bertz CT molecular complexity index is 1210. The maximum absolute atomic E-state index is 13.4. The topological polar surface area (TPSA) is 83.8 Å². The number of carbonyl (C=O) groups is 2. The predicted octanol–water partition coefficient (Wildman–Crippen LogP) is 2.89. The first-order valence-electron chi connectivity index (χ1n) is 10.6. The molecular formula is C23H23FN6O3. The van der Waals surface area contributed by atoms with Crippen LogP contribution in [0.4, 0.5) is 15.1 Å². The Morgan fingerprint density at radius 3 is 2.36 bits per heavy atom. The maximum Gasteiger partial charge on any atom is 0.327 e. The molecule has 9 nitrogen and oxygen atoms in total. The first kappa shape index (κ1) is 20.9. The minimum atomic E-state index is -0.685. The number of hydrogen-bond donors (Lipinski definition) is 0. The van der Waals surface area contributed by atoms with Gasteiger partial charge < -0.3 is 14.5 Å². The molecule has 3 amide bonds. The molecule has 2 atom stereocenters. The van der Waals surface area contributed by atoms with Crippen molar-refractivity contribution in [3.8, 4) is 17.1 Å². The Balaban J connectivity index is 1.60. The molecule has 1 fully saturated rings. The minimum absolute atomic E-state index is 0.310. The summed E-state index contributed by atoms with van der Waals surface area (Å²) in [5.41, 5.74) is 1.59. The van der Waals surface area contributed by atoms with E-state index < -0.39 is 18.2 Å². The summed E-state index contributed by atoms with van der Waals surface area (Å²) < 4.78 is 20.8. The molecule has 2 aliphatic rings. The third kappa shape index (κ3) is 3.29. The minimum Gasteiger partial charge on any atom is -0.494 e. The zero-order valence-electron chi connectivity index (χ0n) is 18.5. The van der Waals surface area contributed by atoms with Crippen LogP contribution in [0, 0.1) is 5.82 Å². The summed E-state index contributed by atoms with van der Waals surface area (Å²) in [6.07, 6.45) is -0.617. The molecule has 0 spiro atoms. The monoisotopic (exact) mass is 450 g/mol. The molecule has 1 saturated heterocycles. The van der Waals surface area contributed by atoms with Gasteiger partial charge in [-0.3, -0.25) is 14.3 Å². The van der Waals surface area contributed by atoms with Crippen LogP contribution < -0.4 is 9.64 Å². The quantitative estimate of drug-likeness (QED) is 0.595. The number of benzene rings is 2. The van der Waals surface area contributed by atoms with Crippen LogP contribution in [0.15, 0.2) is 48.5 Å². The molecule has 5 rings (SSSR count). The van der Waals surface area contributed by atoms with Gasteiger partial charge in [-0.1, -0.05) is 12.1 Å². The van der Waals surface area contributed by atoms with Crippen molar-refractivity contribution in [3.05, 3.63) is 59.9 Å². The van der Waals surface area contributed by atoms with Crippen LogP contribution in [0.25, 0.3) is 11.4 Å². The second-order valence-corrected chi connectivity index (χ2v) is 8.05. The molecule has 0 saturated carbocycles. The number of amides is 3. The van der Waals surface area contributed by atoms with Crippen LogP contribution in [-0.4, -0.2) is 63.2 Å². The first-order chi connectivity index (χ1) is 15.9. The van der Waals surface area contributed by atoms with Crippen LogP contribution in [0.2, 0.25) is 0 Å². The summed E-state index contributed by atoms with van der Waals surface area (Å²) in [6.45, 7) is 2.79. The van der Waals surface area contributed by atoms with Gasteiger partial charge in [0.15, 0.2) is 11.9 Å². The molecule has 10 heteroatoms. The number of imide groups is 1. The number of likely N-dealkylation sites (N-methyl/N-ethyl adjacent to an activating group) is 2. The fourth-order valence-corrected chi connectivity index (χ4v) is 4.46. The van der Waals surface area contributed by atoms with Crippen LogP contribution in [0.1, 0.15) is 18.7 Å². The van der Waals surface area contributed by atoms with Gasteiger partial charge in [0.25, 0.3) is 5.91 Å². The normalized spacial score (nSPS) is 19.7. The van der Waals surface area contributed by atoms with Crippen molar-refractivity contribution in [2.75, 3.05) is 25.6 Å². The van der Waals surface area contributed by atoms with Crippen molar-refractivity contribution in [1.29, 1.82) is 0 Å². The summed E-state index contributed by atoms with van der Waals surface area (Å²) in [5.74, 6) is 1.09. The second-order valence-electron chi connectivity index (χ2n) is 8.05. The molecule has 0 radical (unpaired) electrons. The molecule has 2 aliphatic heterocycles. The molecule has 3 heterocycles. The van der Waals surface area contributed by atoms with Crippen molar-refractivity contribution in [2.45, 2.75) is 25.7 Å². The number of aromatic nitrogens is 3. The van der Waals surface area contributed by atoms with Crippen molar-refractivity contribution in [1.82, 2.24) is 24.6 Å². The highest BCUT2D eigenvalue weighted by atomic mass is 19.1. The van der Waals surface area contributed by atoms with Gasteiger partial charge in [-0.05, 0) is 48.9 Å². The molecule has 0 N–H and O–H groups in total. The number of rotatable bonds is 5. The molecule has 3 aromatic rings. The fraction of sp³-hybridized carbons (Fsp3) is 0.304. The highest BCUT2D eigenvalue weighted by molar-refractivity contribution is 6.02. The van der Waals surface area contributed by atoms with E-state index in [9.17, 15) is 14.0 Å². The molecule has 1 aromatic heterocycles. The Labute approximate surface area is 190 Å². The molecule has 0 bridgehead atoms. The van der Waals surface area contributed by atoms with E-state index in [1.807, 2.05) is 40.7 Å². The summed E-state index contributed by atoms with van der Waals surface area (Å²) in [7, 11) is 3.14. The molecule has 2 unspecified atom stereocenters. The summed E-state index contributed by atoms with van der Waals surface area (Å²) >= 11 is 0. The number of fused-ring (bicyclic) bond motifs is 3. The number of halogens is 1. The van der Waals surface area contributed by atoms with E-state index in [1.54, 1.807) is 19.2 Å². The molecular weight excluding hydrogens is 427 g/mol. The van der Waals surface area contributed by atoms with Gasteiger partial charge in [-0.15, -0.1) is 10.2 Å². The Kier molecular flexibility index (Phi) is 4.99. The van der Waals surface area contributed by atoms with Crippen LogP contribution in [-0.2, 0) is 11.3 Å². The average Bonchev–Trinajstić information content (AvgIpc) is 3.37. The van der Waals surface area contributed by atoms with Gasteiger partial charge in [-0.2, -0.15) is 0 Å². The lowest BCUT2D eigenvalue weighted by atomic mass is 10.1. The highest BCUT2D eigenvalue weighted by Gasteiger charge is 2.54. The van der Waals surface area contributed by atoms with Crippen molar-refractivity contribution >= 4 is 17.9 Å². The maximum atomic E-state index is 13.4. The molecule has 170 valence electrons. The van der Waals surface area contributed by atoms with Gasteiger partial charge in [0, 0.05) is 26.2 Å². The van der Waals surface area contributed by atoms with Gasteiger partial charge >= 0.3 is 6.03 Å². The number of hydrogen-bond acceptors (Lipinski definition) is 6. The number of urea groups is 1. The first-order valence-corrected chi connectivity index (χ1v) is 10.6. The Morgan fingerprint density at radius 1 is 1.00 bits per heavy atom. The van der Waals surface area contributed by atoms with Crippen LogP contribution in [0.3, 0.4) is 0 Å². The van der Waals surface area contributed by atoms with Crippen molar-refractivity contribution in [2.24, 2.45) is 0 Å². The zero-order chi connectivity index (χ0) is 23.3. The number of carbonyl (C=O) groups excluding carboxylic acids is 2. The highest BCUT2D eigenvalue weighted by Crippen LogP contribution is 2.43. The lowest BCUT2D eigenvalue weighted by molar-refractivity contribution is -0.133. The lowest BCUT2D eigenvalue weighted by Gasteiger charge is -2.40. The molecule has 33 heavy (non-hydrogen) atoms. The predicted molar refractivity (Wildman–Crippen MR) is 118 cm³/mol. The third-order valence-electron chi connectivity index (χ3n) is 6.08. The number of nitrogens with zero attached hydrogens (tertiary/aromatic N) is 6. The second kappa shape index (κ2) is 7.88. The van der Waals surface area contributed by atoms with E-state index in [2.05, 4.69) is 10.2 Å². The van der Waals surface area contributed by atoms with E-state index in [0.717, 1.165) is 21.8 Å². The summed E-state index contributed by atoms with van der Waals surface area (Å²) in [6, 6.07) is 12.4. The van der Waals surface area contributed by atoms with Crippen molar-refractivity contribution < 1.29 is 18.7 Å². The average molecular weight is 450 g/mol. The fourth-order valence-electron chi connectivity index (χ4n) is 4.46. The van der Waals surface area contributed by atoms with E-state index in [-0.39, 0.29) is 11.7 Å². The number of ether oxygens (including phenoxy) is 1. The largest absolute Gasteiger partial charge is 0.494 e. The lowest BCUT2D eigenvalue weighted by Crippen LogP contribution is -2.61. The van der Waals surface area contributed by atoms with Gasteiger partial charge in [-0.25, -0.2) is 9.18 Å². The van der Waals surface area contributed by atoms with Crippen LogP contribution in [0.5, 0.6) is 5.75 Å². The van der Waals surface area contributed by atoms with Gasteiger partial charge in [0.1, 0.15) is 17.7 Å². The Hall–Kier alpha value is -3.95. The smallest absolute Gasteiger partial charge is 0.327 e. The third-order valence-corrected chi connectivity index (χ3v) is 6.08. The van der Waals surface area contributed by atoms with E-state index in [1.165, 1.54) is 24.1 Å². The Morgan fingerprint density at radius 2 is 1.70 bits per heavy atom. The SMILES string of the molecule is CCOc1ccc(-c2nnc3n2C2C(C(=O)N(C)C(=O)N2C)N3Cc2ccc(F)cc2)cc1. The molecule has 2 aromatic carbocycles. The van der Waals surface area contributed by atoms with Gasteiger partial charge in [0.2, 0.25) is 5.95 Å². The summed E-state index contributed by atoms with van der Waals surface area (Å²) in [5, 5.41) is 8.79. The number of anilines is 1. The van der Waals surface area contributed by atoms with Gasteiger partial charge in [0.05, 0.1) is 6.61 Å². The summed E-state index contributed by atoms with van der Waals surface area (Å²) in [4.78, 5) is 30.5. The standard InChI is InChI=1S/C23H23FN6O3/c1-4-33-17-11-7-15(8-12-17)19-25-26-22-29(13-14-5-9-16(24)10-6-14)18-20(30(19)22)27(2)23(32)28(3)21(18)31/h5-12,18,20H,4,13H2,1-3H3. The van der Waals surface area contributed by atoms with E-state index in [0.29, 0.717) is 24.9 Å². The van der Waals surface area contributed by atoms with E-state index >= 15 is 0 Å². The molecule has 0 aliphatic carbocycles. The van der Waals surface area contributed by atoms with E-state index in [4.69, 9.17) is 4.74 Å². The van der Waals surface area contributed by atoms with Crippen LogP contribution >= 0.6 is 0 Å². The zero-order valence-corrected chi connectivity index (χ0v) is 18.5.